The van der Waals surface area contributed by atoms with Gasteiger partial charge < -0.3 is 29.6 Å². The molecule has 3 rings (SSSR count). The lowest BCUT2D eigenvalue weighted by Gasteiger charge is -2.57. The number of urea groups is 1. The summed E-state index contributed by atoms with van der Waals surface area (Å²) in [7, 11) is 0. The smallest absolute Gasteiger partial charge is 0.315 e. The molecule has 2 saturated heterocycles. The van der Waals surface area contributed by atoms with E-state index in [0.717, 1.165) is 32.5 Å². The highest BCUT2D eigenvalue weighted by molar-refractivity contribution is 5.74. The maximum Gasteiger partial charge on any atom is 0.315 e. The van der Waals surface area contributed by atoms with Gasteiger partial charge in [-0.1, -0.05) is 0 Å². The van der Waals surface area contributed by atoms with E-state index < -0.39 is 0 Å². The van der Waals surface area contributed by atoms with Gasteiger partial charge in [-0.25, -0.2) is 4.79 Å². The molecule has 0 aromatic carbocycles. The van der Waals surface area contributed by atoms with Crippen molar-refractivity contribution in [3.8, 4) is 0 Å². The van der Waals surface area contributed by atoms with Crippen LogP contribution in [0.25, 0.3) is 0 Å². The normalized spacial score (nSPS) is 33.4. The van der Waals surface area contributed by atoms with E-state index in [2.05, 4.69) is 10.6 Å². The highest BCUT2D eigenvalue weighted by Crippen LogP contribution is 2.50. The van der Waals surface area contributed by atoms with E-state index in [1.807, 2.05) is 6.92 Å². The van der Waals surface area contributed by atoms with E-state index in [9.17, 15) is 4.79 Å². The summed E-state index contributed by atoms with van der Waals surface area (Å²) in [5, 5.41) is 5.97. The SMILES string of the molecule is CCOC1CC(NC(=O)NCC2COCO2)C12CCOCC2. The Labute approximate surface area is 131 Å². The number of ether oxygens (including phenoxy) is 4. The maximum absolute atomic E-state index is 12.1. The Bertz CT molecular complexity index is 380. The molecule has 2 heterocycles. The standard InChI is InChI=1S/C15H26N2O5/c1-2-21-13-7-12(15(13)3-5-19-6-4-15)17-14(18)16-8-11-9-20-10-22-11/h11-13H,2-10H2,1H3,(H2,16,17,18). The van der Waals surface area contributed by atoms with Gasteiger partial charge in [-0.3, -0.25) is 0 Å². The molecular weight excluding hydrogens is 288 g/mol. The minimum atomic E-state index is -0.138. The Kier molecular flexibility index (Phi) is 5.18. The van der Waals surface area contributed by atoms with Gasteiger partial charge in [-0.15, -0.1) is 0 Å². The van der Waals surface area contributed by atoms with Crippen molar-refractivity contribution in [2.24, 2.45) is 5.41 Å². The third-order valence-corrected chi connectivity index (χ3v) is 5.06. The van der Waals surface area contributed by atoms with Crippen LogP contribution in [0.2, 0.25) is 0 Å². The summed E-state index contributed by atoms with van der Waals surface area (Å²) in [5.74, 6) is 0. The van der Waals surface area contributed by atoms with Gasteiger partial charge in [0, 0.05) is 37.8 Å². The zero-order valence-corrected chi connectivity index (χ0v) is 13.1. The number of hydrogen-bond donors (Lipinski definition) is 2. The average Bonchev–Trinajstić information content (AvgIpc) is 3.06. The van der Waals surface area contributed by atoms with E-state index in [0.29, 0.717) is 26.6 Å². The van der Waals surface area contributed by atoms with Crippen LogP contribution < -0.4 is 10.6 Å². The molecule has 2 aliphatic heterocycles. The number of nitrogens with one attached hydrogen (secondary N) is 2. The average molecular weight is 314 g/mol. The lowest BCUT2D eigenvalue weighted by Crippen LogP contribution is -2.67. The van der Waals surface area contributed by atoms with E-state index in [1.165, 1.54) is 0 Å². The zero-order chi connectivity index (χ0) is 15.4. The molecule has 0 bridgehead atoms. The van der Waals surface area contributed by atoms with Crippen LogP contribution in [0.5, 0.6) is 0 Å². The lowest BCUT2D eigenvalue weighted by molar-refractivity contribution is -0.169. The predicted molar refractivity (Wildman–Crippen MR) is 78.5 cm³/mol. The third-order valence-electron chi connectivity index (χ3n) is 5.06. The fraction of sp³-hybridized carbons (Fsp3) is 0.933. The molecule has 2 amide bonds. The molecule has 2 N–H and O–H groups in total. The molecule has 3 fully saturated rings. The first-order valence-corrected chi connectivity index (χ1v) is 8.17. The molecule has 0 aromatic heterocycles. The van der Waals surface area contributed by atoms with Crippen molar-refractivity contribution in [1.82, 2.24) is 10.6 Å². The van der Waals surface area contributed by atoms with Gasteiger partial charge in [-0.05, 0) is 26.2 Å². The topological polar surface area (TPSA) is 78.1 Å². The maximum atomic E-state index is 12.1. The first-order valence-electron chi connectivity index (χ1n) is 8.17. The molecule has 3 unspecified atom stereocenters. The highest BCUT2D eigenvalue weighted by Gasteiger charge is 2.56. The summed E-state index contributed by atoms with van der Waals surface area (Å²) in [4.78, 5) is 12.1. The molecule has 3 atom stereocenters. The predicted octanol–water partition coefficient (Wildman–Crippen LogP) is 0.633. The van der Waals surface area contributed by atoms with Crippen molar-refractivity contribution in [1.29, 1.82) is 0 Å². The van der Waals surface area contributed by atoms with Crippen LogP contribution in [0.1, 0.15) is 26.2 Å². The second-order valence-corrected chi connectivity index (χ2v) is 6.21. The Morgan fingerprint density at radius 1 is 1.32 bits per heavy atom. The zero-order valence-electron chi connectivity index (χ0n) is 13.1. The first-order chi connectivity index (χ1) is 10.7. The molecule has 7 nitrogen and oxygen atoms in total. The molecule has 1 saturated carbocycles. The van der Waals surface area contributed by atoms with Gasteiger partial charge in [0.2, 0.25) is 0 Å². The Morgan fingerprint density at radius 3 is 2.82 bits per heavy atom. The molecule has 7 heteroatoms. The fourth-order valence-electron chi connectivity index (χ4n) is 3.71. The summed E-state index contributed by atoms with van der Waals surface area (Å²) in [5.41, 5.74) is 0.0402. The van der Waals surface area contributed by atoms with E-state index in [1.54, 1.807) is 0 Å². The highest BCUT2D eigenvalue weighted by atomic mass is 16.7. The van der Waals surface area contributed by atoms with Crippen LogP contribution >= 0.6 is 0 Å². The van der Waals surface area contributed by atoms with Crippen molar-refractivity contribution >= 4 is 6.03 Å². The first kappa shape index (κ1) is 16.0. The van der Waals surface area contributed by atoms with Gasteiger partial charge in [0.05, 0.1) is 12.7 Å². The lowest BCUT2D eigenvalue weighted by atomic mass is 9.57. The summed E-state index contributed by atoms with van der Waals surface area (Å²) in [6.45, 7) is 5.55. The Morgan fingerprint density at radius 2 is 2.14 bits per heavy atom. The van der Waals surface area contributed by atoms with E-state index in [-0.39, 0.29) is 29.7 Å². The van der Waals surface area contributed by atoms with Crippen molar-refractivity contribution in [2.75, 3.05) is 39.8 Å². The van der Waals surface area contributed by atoms with Crippen molar-refractivity contribution in [2.45, 2.75) is 44.4 Å². The van der Waals surface area contributed by atoms with Crippen LogP contribution in [0.3, 0.4) is 0 Å². The van der Waals surface area contributed by atoms with Gasteiger partial charge >= 0.3 is 6.03 Å². The van der Waals surface area contributed by atoms with E-state index in [4.69, 9.17) is 18.9 Å². The molecule has 0 radical (unpaired) electrons. The summed E-state index contributed by atoms with van der Waals surface area (Å²) < 4.78 is 21.8. The molecule has 126 valence electrons. The van der Waals surface area contributed by atoms with Crippen LogP contribution in [-0.4, -0.2) is 64.0 Å². The monoisotopic (exact) mass is 314 g/mol. The Hall–Kier alpha value is -0.890. The number of carbonyl (C=O) groups excluding carboxylic acids is 1. The summed E-state index contributed by atoms with van der Waals surface area (Å²) in [6, 6.07) is 0.0232. The van der Waals surface area contributed by atoms with Crippen molar-refractivity contribution in [3.05, 3.63) is 0 Å². The molecule has 3 aliphatic rings. The molecule has 1 spiro atoms. The second-order valence-electron chi connectivity index (χ2n) is 6.21. The van der Waals surface area contributed by atoms with Crippen LogP contribution in [0, 0.1) is 5.41 Å². The van der Waals surface area contributed by atoms with E-state index >= 15 is 0 Å². The van der Waals surface area contributed by atoms with Crippen LogP contribution in [0.4, 0.5) is 4.79 Å². The molecule has 0 aromatic rings. The minimum Gasteiger partial charge on any atom is -0.381 e. The van der Waals surface area contributed by atoms with Gasteiger partial charge in [-0.2, -0.15) is 0 Å². The van der Waals surface area contributed by atoms with Crippen molar-refractivity contribution in [3.63, 3.8) is 0 Å². The van der Waals surface area contributed by atoms with Gasteiger partial charge in [0.25, 0.3) is 0 Å². The minimum absolute atomic E-state index is 0.0402. The molecule has 1 aliphatic carbocycles. The summed E-state index contributed by atoms with van der Waals surface area (Å²) >= 11 is 0. The number of hydrogen-bond acceptors (Lipinski definition) is 5. The quantitative estimate of drug-likeness (QED) is 0.778. The number of carbonyl (C=O) groups is 1. The largest absolute Gasteiger partial charge is 0.381 e. The molecular formula is C15H26N2O5. The Balaban J connectivity index is 1.49. The van der Waals surface area contributed by atoms with Crippen molar-refractivity contribution < 1.29 is 23.7 Å². The van der Waals surface area contributed by atoms with Gasteiger partial charge in [0.1, 0.15) is 12.9 Å². The third kappa shape index (κ3) is 3.22. The van der Waals surface area contributed by atoms with Gasteiger partial charge in [0.15, 0.2) is 0 Å². The van der Waals surface area contributed by atoms with Crippen LogP contribution in [-0.2, 0) is 18.9 Å². The number of rotatable bonds is 5. The second kappa shape index (κ2) is 7.12. The summed E-state index contributed by atoms with van der Waals surface area (Å²) in [6.07, 6.45) is 2.97. The molecule has 22 heavy (non-hydrogen) atoms. The van der Waals surface area contributed by atoms with Crippen LogP contribution in [0.15, 0.2) is 0 Å². The fourth-order valence-corrected chi connectivity index (χ4v) is 3.71. The number of amides is 2.